The molecule has 0 radical (unpaired) electrons. The summed E-state index contributed by atoms with van der Waals surface area (Å²) in [6.45, 7) is 1.08. The second kappa shape index (κ2) is 6.78. The highest BCUT2D eigenvalue weighted by molar-refractivity contribution is 6.35. The SMILES string of the molecule is O=C1CC2(CCN(C(=O)c3ccc4c(Cl)c[nH]c4c3)CC2)Oc2ccc(Cl)cc21. The monoisotopic (exact) mass is 428 g/mol. The van der Waals surface area contributed by atoms with Gasteiger partial charge in [0.05, 0.1) is 17.0 Å². The summed E-state index contributed by atoms with van der Waals surface area (Å²) in [5.41, 5.74) is 1.45. The molecule has 3 heterocycles. The number of hydrogen-bond acceptors (Lipinski definition) is 3. The third-order valence-corrected chi connectivity index (χ3v) is 6.44. The number of H-pyrrole nitrogens is 1. The predicted molar refractivity (Wildman–Crippen MR) is 112 cm³/mol. The maximum absolute atomic E-state index is 13.0. The topological polar surface area (TPSA) is 62.4 Å². The first kappa shape index (κ1) is 18.5. The molecule has 3 aromatic rings. The van der Waals surface area contributed by atoms with E-state index in [9.17, 15) is 9.59 Å². The smallest absolute Gasteiger partial charge is 0.253 e. The molecular formula is C22H18Cl2N2O3. The molecule has 2 aromatic carbocycles. The van der Waals surface area contributed by atoms with E-state index in [0.717, 1.165) is 10.9 Å². The highest BCUT2D eigenvalue weighted by atomic mass is 35.5. The van der Waals surface area contributed by atoms with Crippen molar-refractivity contribution in [3.8, 4) is 5.75 Å². The molecule has 0 saturated carbocycles. The van der Waals surface area contributed by atoms with Crippen LogP contribution in [0, 0.1) is 0 Å². The normalized spacial score (nSPS) is 18.0. The number of fused-ring (bicyclic) bond motifs is 2. The van der Waals surface area contributed by atoms with Crippen molar-refractivity contribution < 1.29 is 14.3 Å². The molecule has 0 bridgehead atoms. The number of rotatable bonds is 1. The van der Waals surface area contributed by atoms with Crippen LogP contribution in [0.1, 0.15) is 40.0 Å². The Morgan fingerprint density at radius 1 is 1.10 bits per heavy atom. The van der Waals surface area contributed by atoms with Crippen LogP contribution in [0.5, 0.6) is 5.75 Å². The van der Waals surface area contributed by atoms with Crippen LogP contribution in [0.15, 0.2) is 42.6 Å². The van der Waals surface area contributed by atoms with Gasteiger partial charge < -0.3 is 14.6 Å². The van der Waals surface area contributed by atoms with Crippen LogP contribution in [0.4, 0.5) is 0 Å². The number of carbonyl (C=O) groups is 2. The summed E-state index contributed by atoms with van der Waals surface area (Å²) in [5, 5.41) is 2.06. The van der Waals surface area contributed by atoms with E-state index in [2.05, 4.69) is 4.98 Å². The Morgan fingerprint density at radius 2 is 1.90 bits per heavy atom. The third-order valence-electron chi connectivity index (χ3n) is 5.89. The van der Waals surface area contributed by atoms with Crippen molar-refractivity contribution >= 4 is 45.8 Å². The minimum atomic E-state index is -0.550. The molecule has 0 atom stereocenters. The first-order valence-corrected chi connectivity index (χ1v) is 10.3. The lowest BCUT2D eigenvalue weighted by molar-refractivity contribution is -0.00570. The highest BCUT2D eigenvalue weighted by Crippen LogP contribution is 2.40. The molecule has 1 aromatic heterocycles. The number of benzene rings is 2. The predicted octanol–water partition coefficient (Wildman–Crippen LogP) is 5.11. The number of amides is 1. The summed E-state index contributed by atoms with van der Waals surface area (Å²) in [6.07, 6.45) is 3.26. The zero-order chi connectivity index (χ0) is 20.2. The summed E-state index contributed by atoms with van der Waals surface area (Å²) >= 11 is 12.1. The average Bonchev–Trinajstić information content (AvgIpc) is 3.09. The first-order chi connectivity index (χ1) is 13.9. The largest absolute Gasteiger partial charge is 0.486 e. The van der Waals surface area contributed by atoms with Crippen molar-refractivity contribution in [3.63, 3.8) is 0 Å². The van der Waals surface area contributed by atoms with E-state index in [1.165, 1.54) is 0 Å². The number of ether oxygens (including phenoxy) is 1. The Bertz CT molecular complexity index is 1150. The van der Waals surface area contributed by atoms with Gasteiger partial charge in [-0.15, -0.1) is 0 Å². The molecule has 1 saturated heterocycles. The average molecular weight is 429 g/mol. The summed E-state index contributed by atoms with van der Waals surface area (Å²) in [6, 6.07) is 10.6. The van der Waals surface area contributed by atoms with E-state index >= 15 is 0 Å². The zero-order valence-electron chi connectivity index (χ0n) is 15.5. The van der Waals surface area contributed by atoms with Crippen LogP contribution in [0.25, 0.3) is 10.9 Å². The lowest BCUT2D eigenvalue weighted by Crippen LogP contribution is -2.52. The maximum atomic E-state index is 13.0. The number of nitrogens with one attached hydrogen (secondary N) is 1. The summed E-state index contributed by atoms with van der Waals surface area (Å²) in [7, 11) is 0. The van der Waals surface area contributed by atoms with Crippen molar-refractivity contribution in [2.24, 2.45) is 0 Å². The van der Waals surface area contributed by atoms with Gasteiger partial charge in [-0.05, 0) is 30.3 Å². The molecule has 29 heavy (non-hydrogen) atoms. The molecule has 7 heteroatoms. The van der Waals surface area contributed by atoms with Crippen LogP contribution in [-0.2, 0) is 0 Å². The van der Waals surface area contributed by atoms with Gasteiger partial charge in [0.1, 0.15) is 11.4 Å². The number of likely N-dealkylation sites (tertiary alicyclic amines) is 1. The van der Waals surface area contributed by atoms with Gasteiger partial charge in [-0.3, -0.25) is 9.59 Å². The molecule has 5 rings (SSSR count). The number of aromatic nitrogens is 1. The maximum Gasteiger partial charge on any atom is 0.253 e. The fourth-order valence-corrected chi connectivity index (χ4v) is 4.66. The molecule has 1 amide bonds. The summed E-state index contributed by atoms with van der Waals surface area (Å²) in [5.74, 6) is 0.601. The standard InChI is InChI=1S/C22H18Cl2N2O3/c23-14-2-4-20-16(10-14)19(27)11-22(29-20)5-7-26(8-6-22)21(28)13-1-3-15-17(24)12-25-18(15)9-13/h1-4,9-10,12,25H,5-8,11H2. The van der Waals surface area contributed by atoms with Crippen molar-refractivity contribution in [2.75, 3.05) is 13.1 Å². The van der Waals surface area contributed by atoms with Gasteiger partial charge in [0.25, 0.3) is 5.91 Å². The second-order valence-corrected chi connectivity index (χ2v) is 8.56. The van der Waals surface area contributed by atoms with Crippen molar-refractivity contribution in [2.45, 2.75) is 24.9 Å². The van der Waals surface area contributed by atoms with Gasteiger partial charge in [0.15, 0.2) is 5.78 Å². The zero-order valence-corrected chi connectivity index (χ0v) is 17.0. The minimum absolute atomic E-state index is 0.0261. The number of Topliss-reactive ketones (excluding diaryl/α,β-unsaturated/α-hetero) is 1. The van der Waals surface area contributed by atoms with Crippen LogP contribution in [-0.4, -0.2) is 40.3 Å². The molecule has 0 aliphatic carbocycles. The molecule has 2 aliphatic rings. The summed E-state index contributed by atoms with van der Waals surface area (Å²) in [4.78, 5) is 30.5. The third kappa shape index (κ3) is 3.18. The van der Waals surface area contributed by atoms with Crippen LogP contribution < -0.4 is 4.74 Å². The number of aromatic amines is 1. The fraction of sp³-hybridized carbons (Fsp3) is 0.273. The minimum Gasteiger partial charge on any atom is -0.486 e. The number of hydrogen-bond donors (Lipinski definition) is 1. The van der Waals surface area contributed by atoms with E-state index in [1.54, 1.807) is 30.5 Å². The van der Waals surface area contributed by atoms with Crippen LogP contribution in [0.3, 0.4) is 0 Å². The Morgan fingerprint density at radius 3 is 2.69 bits per heavy atom. The quantitative estimate of drug-likeness (QED) is 0.585. The number of carbonyl (C=O) groups excluding carboxylic acids is 2. The van der Waals surface area contributed by atoms with Crippen molar-refractivity contribution in [1.82, 2.24) is 9.88 Å². The van der Waals surface area contributed by atoms with Crippen molar-refractivity contribution in [3.05, 3.63) is 63.8 Å². The first-order valence-electron chi connectivity index (χ1n) is 9.52. The van der Waals surface area contributed by atoms with E-state index < -0.39 is 5.60 Å². The Labute approximate surface area is 177 Å². The molecule has 0 unspecified atom stereocenters. The molecular weight excluding hydrogens is 411 g/mol. The van der Waals surface area contributed by atoms with E-state index in [-0.39, 0.29) is 11.7 Å². The Balaban J connectivity index is 1.32. The summed E-state index contributed by atoms with van der Waals surface area (Å²) < 4.78 is 6.24. The molecule has 1 spiro atoms. The van der Waals surface area contributed by atoms with E-state index in [0.29, 0.717) is 59.3 Å². The lowest BCUT2D eigenvalue weighted by Gasteiger charge is -2.44. The highest BCUT2D eigenvalue weighted by Gasteiger charge is 2.43. The van der Waals surface area contributed by atoms with Gasteiger partial charge in [-0.1, -0.05) is 29.3 Å². The Kier molecular flexibility index (Phi) is 4.33. The fourth-order valence-electron chi connectivity index (χ4n) is 4.27. The van der Waals surface area contributed by atoms with Crippen LogP contribution in [0.2, 0.25) is 10.0 Å². The number of halogens is 2. The number of nitrogens with zero attached hydrogens (tertiary/aromatic N) is 1. The second-order valence-electron chi connectivity index (χ2n) is 7.71. The molecule has 5 nitrogen and oxygen atoms in total. The molecule has 1 fully saturated rings. The van der Waals surface area contributed by atoms with E-state index in [1.807, 2.05) is 17.0 Å². The van der Waals surface area contributed by atoms with Crippen molar-refractivity contribution in [1.29, 1.82) is 0 Å². The molecule has 2 aliphatic heterocycles. The number of piperidine rings is 1. The van der Waals surface area contributed by atoms with Gasteiger partial charge >= 0.3 is 0 Å². The van der Waals surface area contributed by atoms with Gasteiger partial charge in [-0.2, -0.15) is 0 Å². The van der Waals surface area contributed by atoms with E-state index in [4.69, 9.17) is 27.9 Å². The van der Waals surface area contributed by atoms with Gasteiger partial charge in [-0.25, -0.2) is 0 Å². The molecule has 148 valence electrons. The van der Waals surface area contributed by atoms with Crippen LogP contribution >= 0.6 is 23.2 Å². The molecule has 1 N–H and O–H groups in total. The van der Waals surface area contributed by atoms with Gasteiger partial charge in [0.2, 0.25) is 0 Å². The number of ketones is 1. The Hall–Kier alpha value is -2.50. The lowest BCUT2D eigenvalue weighted by atomic mass is 9.82. The van der Waals surface area contributed by atoms with Gasteiger partial charge in [0, 0.05) is 53.6 Å².